The van der Waals surface area contributed by atoms with Crippen molar-refractivity contribution in [3.63, 3.8) is 0 Å². The predicted octanol–water partition coefficient (Wildman–Crippen LogP) is -3.65. The molecule has 0 spiro atoms. The summed E-state index contributed by atoms with van der Waals surface area (Å²) in [7, 11) is -5.39. The average molecular weight is 209 g/mol. The standard InChI is InChI=1S/Mo.H3O4P.H2O/c;1-5(2,3)4;/h;(H3,1,2,3,4);1H2/p-3. The monoisotopic (exact) mass is 211 g/mol. The van der Waals surface area contributed by atoms with Gasteiger partial charge < -0.3 is 24.7 Å². The fourth-order valence-electron chi connectivity index (χ4n) is 0. The maximum Gasteiger partial charge on any atom is 0 e. The Balaban J connectivity index is -0.0000000800. The van der Waals surface area contributed by atoms with Crippen LogP contribution in [-0.4, -0.2) is 5.48 Å². The molecule has 0 heterocycles. The first kappa shape index (κ1) is 15.7. The third kappa shape index (κ3) is 266. The van der Waals surface area contributed by atoms with Crippen LogP contribution in [0.2, 0.25) is 0 Å². The maximum absolute atomic E-state index is 8.55. The number of hydrogen-bond donors (Lipinski definition) is 0. The van der Waals surface area contributed by atoms with Crippen LogP contribution in [0.15, 0.2) is 0 Å². The van der Waals surface area contributed by atoms with Gasteiger partial charge in [-0.3, -0.25) is 0 Å². The fraction of sp³-hybridized carbons (Fsp3) is 0. The van der Waals surface area contributed by atoms with E-state index in [0.29, 0.717) is 0 Å². The molecule has 7 heavy (non-hydrogen) atoms. The summed E-state index contributed by atoms with van der Waals surface area (Å²) in [6.07, 6.45) is 0. The smallest absolute Gasteiger partial charge is 0 e. The molecule has 0 aliphatic carbocycles. The molecule has 0 aromatic carbocycles. The van der Waals surface area contributed by atoms with Crippen LogP contribution >= 0.6 is 7.82 Å². The first-order chi connectivity index (χ1) is 2.00. The molecule has 0 atom stereocenters. The van der Waals surface area contributed by atoms with E-state index in [2.05, 4.69) is 0 Å². The Morgan fingerprint density at radius 2 is 1.14 bits per heavy atom. The molecule has 0 fully saturated rings. The van der Waals surface area contributed by atoms with Crippen molar-refractivity contribution in [3.05, 3.63) is 0 Å². The van der Waals surface area contributed by atoms with Gasteiger partial charge in [0.1, 0.15) is 0 Å². The van der Waals surface area contributed by atoms with Crippen LogP contribution in [0, 0.1) is 0 Å². The van der Waals surface area contributed by atoms with E-state index in [0.717, 1.165) is 0 Å². The van der Waals surface area contributed by atoms with Gasteiger partial charge in [0, 0.05) is 21.1 Å². The zero-order valence-electron chi connectivity index (χ0n) is 2.99. The van der Waals surface area contributed by atoms with Crippen LogP contribution in [0.1, 0.15) is 0 Å². The molecule has 46 valence electrons. The van der Waals surface area contributed by atoms with Gasteiger partial charge in [0.15, 0.2) is 0 Å². The molecule has 0 rings (SSSR count). The first-order valence-electron chi connectivity index (χ1n) is 0.730. The topological polar surface area (TPSA) is 118 Å². The minimum atomic E-state index is -5.39. The Hall–Kier alpha value is 0.758. The Kier molecular flexibility index (Phi) is 11.0. The van der Waals surface area contributed by atoms with E-state index < -0.39 is 7.82 Å². The molecule has 2 N–H and O–H groups in total. The van der Waals surface area contributed by atoms with Crippen LogP contribution in [0.5, 0.6) is 0 Å². The molecule has 5 nitrogen and oxygen atoms in total. The van der Waals surface area contributed by atoms with Crippen molar-refractivity contribution in [2.24, 2.45) is 0 Å². The molecule has 0 aromatic rings. The van der Waals surface area contributed by atoms with Gasteiger partial charge >= 0.3 is 0 Å². The molecule has 0 unspecified atom stereocenters. The normalized spacial score (nSPS) is 8.43. The molecule has 0 bridgehead atoms. The van der Waals surface area contributed by atoms with Crippen molar-refractivity contribution < 1.29 is 45.8 Å². The minimum absolute atomic E-state index is 0. The largest absolute Gasteiger partial charge is 0.822 e. The van der Waals surface area contributed by atoms with Gasteiger partial charge in [-0.2, -0.15) is 7.82 Å². The van der Waals surface area contributed by atoms with Gasteiger partial charge in [0.2, 0.25) is 0 Å². The first-order valence-corrected chi connectivity index (χ1v) is 2.19. The van der Waals surface area contributed by atoms with Gasteiger partial charge in [0.25, 0.3) is 0 Å². The number of phosphoric acid groups is 1. The van der Waals surface area contributed by atoms with Crippen LogP contribution < -0.4 is 14.7 Å². The van der Waals surface area contributed by atoms with Crippen molar-refractivity contribution in [1.82, 2.24) is 0 Å². The Bertz CT molecular complexity index is 54.2. The van der Waals surface area contributed by atoms with Crippen molar-refractivity contribution in [2.75, 3.05) is 0 Å². The molecule has 0 saturated carbocycles. The number of rotatable bonds is 0. The Labute approximate surface area is 54.2 Å². The molecular formula is H2MoO5P-3. The molecule has 0 aromatic heterocycles. The fourth-order valence-corrected chi connectivity index (χ4v) is 0. The Morgan fingerprint density at radius 1 is 1.14 bits per heavy atom. The van der Waals surface area contributed by atoms with E-state index >= 15 is 0 Å². The molecule has 0 saturated heterocycles. The van der Waals surface area contributed by atoms with Crippen molar-refractivity contribution in [3.8, 4) is 0 Å². The third-order valence-corrected chi connectivity index (χ3v) is 0. The van der Waals surface area contributed by atoms with E-state index in [1.54, 1.807) is 0 Å². The van der Waals surface area contributed by atoms with Crippen LogP contribution in [0.3, 0.4) is 0 Å². The van der Waals surface area contributed by atoms with Crippen molar-refractivity contribution in [2.45, 2.75) is 0 Å². The SMILES string of the molecule is O.O=P([O-])([O-])[O-].[Mo]. The van der Waals surface area contributed by atoms with E-state index in [9.17, 15) is 0 Å². The van der Waals surface area contributed by atoms with E-state index in [1.165, 1.54) is 0 Å². The maximum atomic E-state index is 8.55. The molecule has 0 aliphatic heterocycles. The van der Waals surface area contributed by atoms with Crippen LogP contribution in [0.4, 0.5) is 0 Å². The zero-order valence-corrected chi connectivity index (χ0v) is 5.89. The van der Waals surface area contributed by atoms with E-state index in [1.807, 2.05) is 0 Å². The molecule has 0 amide bonds. The van der Waals surface area contributed by atoms with Crippen LogP contribution in [-0.2, 0) is 25.6 Å². The second-order valence-corrected chi connectivity index (χ2v) is 1.34. The van der Waals surface area contributed by atoms with Crippen LogP contribution in [0.25, 0.3) is 0 Å². The minimum Gasteiger partial charge on any atom is -0.822 e. The van der Waals surface area contributed by atoms with E-state index in [4.69, 9.17) is 19.2 Å². The van der Waals surface area contributed by atoms with Gasteiger partial charge in [-0.1, -0.05) is 0 Å². The summed E-state index contributed by atoms with van der Waals surface area (Å²) >= 11 is 0. The van der Waals surface area contributed by atoms with Crippen molar-refractivity contribution in [1.29, 1.82) is 0 Å². The molecule has 7 heteroatoms. The predicted molar refractivity (Wildman–Crippen MR) is 11.2 cm³/mol. The third-order valence-electron chi connectivity index (χ3n) is 0. The average Bonchev–Trinajstić information content (AvgIpc) is 0.722. The van der Waals surface area contributed by atoms with Gasteiger partial charge in [-0.05, 0) is 0 Å². The summed E-state index contributed by atoms with van der Waals surface area (Å²) in [5.74, 6) is 0. The summed E-state index contributed by atoms with van der Waals surface area (Å²) < 4.78 is 8.55. The van der Waals surface area contributed by atoms with Gasteiger partial charge in [-0.25, -0.2) is 0 Å². The van der Waals surface area contributed by atoms with E-state index in [-0.39, 0.29) is 26.5 Å². The van der Waals surface area contributed by atoms with Crippen molar-refractivity contribution >= 4 is 7.82 Å². The number of hydrogen-bond acceptors (Lipinski definition) is 4. The second-order valence-electron chi connectivity index (χ2n) is 0.447. The van der Waals surface area contributed by atoms with Gasteiger partial charge in [-0.15, -0.1) is 0 Å². The summed E-state index contributed by atoms with van der Waals surface area (Å²) in [4.78, 5) is 25.6. The summed E-state index contributed by atoms with van der Waals surface area (Å²) in [6.45, 7) is 0. The molecular weight excluding hydrogens is 207 g/mol. The summed E-state index contributed by atoms with van der Waals surface area (Å²) in [5, 5.41) is 0. The van der Waals surface area contributed by atoms with Gasteiger partial charge in [0.05, 0.1) is 0 Å². The second kappa shape index (κ2) is 4.91. The zero-order chi connectivity index (χ0) is 4.50. The summed E-state index contributed by atoms with van der Waals surface area (Å²) in [5.41, 5.74) is 0. The summed E-state index contributed by atoms with van der Waals surface area (Å²) in [6, 6.07) is 0. The molecule has 0 aliphatic rings. The molecule has 0 radical (unpaired) electrons. The quantitative estimate of drug-likeness (QED) is 0.301. The Morgan fingerprint density at radius 3 is 1.14 bits per heavy atom.